The molecule has 0 aromatic heterocycles. The van der Waals surface area contributed by atoms with Crippen LogP contribution >= 0.6 is 0 Å². The Hall–Kier alpha value is -1.59. The molecule has 0 bridgehead atoms. The van der Waals surface area contributed by atoms with Gasteiger partial charge in [0.15, 0.2) is 0 Å². The van der Waals surface area contributed by atoms with Gasteiger partial charge in [0, 0.05) is 13.1 Å². The molecular formula is C15H23NO5. The van der Waals surface area contributed by atoms with E-state index in [1.165, 1.54) is 7.11 Å². The lowest BCUT2D eigenvalue weighted by Crippen LogP contribution is -2.38. The number of carboxylic acids is 1. The number of esters is 1. The summed E-state index contributed by atoms with van der Waals surface area (Å²) < 4.78 is 4.71. The Morgan fingerprint density at radius 3 is 2.48 bits per heavy atom. The molecule has 1 saturated carbocycles. The number of hydrogen-bond donors (Lipinski definition) is 1. The van der Waals surface area contributed by atoms with E-state index in [2.05, 4.69) is 0 Å². The largest absolute Gasteiger partial charge is 0.481 e. The topological polar surface area (TPSA) is 83.9 Å². The van der Waals surface area contributed by atoms with Gasteiger partial charge in [-0.15, -0.1) is 0 Å². The minimum absolute atomic E-state index is 0.107. The molecule has 1 heterocycles. The van der Waals surface area contributed by atoms with Crippen LogP contribution < -0.4 is 0 Å². The molecule has 1 aliphatic heterocycles. The third-order valence-corrected chi connectivity index (χ3v) is 4.91. The highest BCUT2D eigenvalue weighted by molar-refractivity contribution is 5.86. The highest BCUT2D eigenvalue weighted by Gasteiger charge is 2.45. The van der Waals surface area contributed by atoms with Gasteiger partial charge in [-0.3, -0.25) is 14.4 Å². The lowest BCUT2D eigenvalue weighted by Gasteiger charge is -2.23. The number of ether oxygens (including phenoxy) is 1. The average Bonchev–Trinajstić information content (AvgIpc) is 3.12. The number of carboxylic acid groups (broad SMARTS) is 1. The van der Waals surface area contributed by atoms with Crippen LogP contribution in [0.1, 0.15) is 32.6 Å². The second-order valence-electron chi connectivity index (χ2n) is 6.09. The van der Waals surface area contributed by atoms with Gasteiger partial charge in [-0.05, 0) is 25.2 Å². The molecular weight excluding hydrogens is 274 g/mol. The molecule has 0 aromatic carbocycles. The maximum absolute atomic E-state index is 12.6. The SMILES string of the molecule is CCC1C[C@H](C(=O)N2CCC(C(=O)OC)C2)[C@H](C(=O)O)C1. The highest BCUT2D eigenvalue weighted by atomic mass is 16.5. The standard InChI is InChI=1S/C15H23NO5/c1-3-9-6-11(12(7-9)14(18)19)13(17)16-5-4-10(8-16)15(20)21-2/h9-12H,3-8H2,1-2H3,(H,18,19)/t9?,10?,11-,12+/m0/s1. The summed E-state index contributed by atoms with van der Waals surface area (Å²) in [4.78, 5) is 37.1. The summed E-state index contributed by atoms with van der Waals surface area (Å²) in [6.07, 6.45) is 2.72. The van der Waals surface area contributed by atoms with Crippen LogP contribution in [0.15, 0.2) is 0 Å². The van der Waals surface area contributed by atoms with Crippen molar-refractivity contribution >= 4 is 17.8 Å². The number of nitrogens with zero attached hydrogens (tertiary/aromatic N) is 1. The Morgan fingerprint density at radius 1 is 1.24 bits per heavy atom. The zero-order chi connectivity index (χ0) is 15.6. The second-order valence-corrected chi connectivity index (χ2v) is 6.09. The third kappa shape index (κ3) is 3.19. The van der Waals surface area contributed by atoms with E-state index in [0.29, 0.717) is 38.3 Å². The molecule has 1 saturated heterocycles. The lowest BCUT2D eigenvalue weighted by molar-refractivity contribution is -0.149. The minimum Gasteiger partial charge on any atom is -0.481 e. The summed E-state index contributed by atoms with van der Waals surface area (Å²) in [6.45, 7) is 2.89. The van der Waals surface area contributed by atoms with Crippen LogP contribution in [0.3, 0.4) is 0 Å². The van der Waals surface area contributed by atoms with E-state index in [0.717, 1.165) is 6.42 Å². The molecule has 0 spiro atoms. The first-order chi connectivity index (χ1) is 9.97. The molecule has 1 amide bonds. The van der Waals surface area contributed by atoms with Crippen molar-refractivity contribution < 1.29 is 24.2 Å². The van der Waals surface area contributed by atoms with Gasteiger partial charge in [0.2, 0.25) is 5.91 Å². The zero-order valence-corrected chi connectivity index (χ0v) is 12.6. The molecule has 2 rings (SSSR count). The van der Waals surface area contributed by atoms with Crippen LogP contribution in [-0.4, -0.2) is 48.1 Å². The Bertz CT molecular complexity index is 436. The summed E-state index contributed by atoms with van der Waals surface area (Å²) in [5, 5.41) is 9.32. The maximum atomic E-state index is 12.6. The monoisotopic (exact) mass is 297 g/mol. The predicted octanol–water partition coefficient (Wildman–Crippen LogP) is 1.14. The van der Waals surface area contributed by atoms with E-state index >= 15 is 0 Å². The Balaban J connectivity index is 2.02. The zero-order valence-electron chi connectivity index (χ0n) is 12.6. The Labute approximate surface area is 124 Å². The van der Waals surface area contributed by atoms with E-state index in [1.807, 2.05) is 6.92 Å². The molecule has 6 nitrogen and oxygen atoms in total. The number of methoxy groups -OCH3 is 1. The van der Waals surface area contributed by atoms with Crippen LogP contribution in [0, 0.1) is 23.7 Å². The molecule has 1 aliphatic carbocycles. The first-order valence-electron chi connectivity index (χ1n) is 7.57. The quantitative estimate of drug-likeness (QED) is 0.787. The summed E-state index contributed by atoms with van der Waals surface area (Å²) in [7, 11) is 1.34. The van der Waals surface area contributed by atoms with E-state index in [-0.39, 0.29) is 17.8 Å². The predicted molar refractivity (Wildman–Crippen MR) is 74.3 cm³/mol. The fourth-order valence-electron chi connectivity index (χ4n) is 3.58. The first-order valence-corrected chi connectivity index (χ1v) is 7.57. The van der Waals surface area contributed by atoms with E-state index in [1.54, 1.807) is 4.90 Å². The second kappa shape index (κ2) is 6.45. The molecule has 2 unspecified atom stereocenters. The molecule has 2 aliphatic rings. The van der Waals surface area contributed by atoms with E-state index in [9.17, 15) is 19.5 Å². The molecule has 0 aromatic rings. The number of hydrogen-bond acceptors (Lipinski definition) is 4. The summed E-state index contributed by atoms with van der Waals surface area (Å²) in [5.74, 6) is -2.27. The smallest absolute Gasteiger partial charge is 0.310 e. The fraction of sp³-hybridized carbons (Fsp3) is 0.800. The Morgan fingerprint density at radius 2 is 1.90 bits per heavy atom. The normalized spacial score (nSPS) is 32.2. The van der Waals surface area contributed by atoms with Crippen LogP contribution in [0.5, 0.6) is 0 Å². The number of rotatable bonds is 4. The van der Waals surface area contributed by atoms with Gasteiger partial charge < -0.3 is 14.7 Å². The summed E-state index contributed by atoms with van der Waals surface area (Å²) in [6, 6.07) is 0. The van der Waals surface area contributed by atoms with Crippen molar-refractivity contribution in [2.24, 2.45) is 23.7 Å². The van der Waals surface area contributed by atoms with Crippen LogP contribution in [-0.2, 0) is 19.1 Å². The van der Waals surface area contributed by atoms with Crippen LogP contribution in [0.2, 0.25) is 0 Å². The lowest BCUT2D eigenvalue weighted by atomic mass is 9.95. The van der Waals surface area contributed by atoms with Gasteiger partial charge in [-0.1, -0.05) is 13.3 Å². The fourth-order valence-corrected chi connectivity index (χ4v) is 3.58. The van der Waals surface area contributed by atoms with Gasteiger partial charge in [0.25, 0.3) is 0 Å². The number of aliphatic carboxylic acids is 1. The van der Waals surface area contributed by atoms with Crippen molar-refractivity contribution in [3.8, 4) is 0 Å². The maximum Gasteiger partial charge on any atom is 0.310 e. The van der Waals surface area contributed by atoms with E-state index in [4.69, 9.17) is 4.74 Å². The van der Waals surface area contributed by atoms with Crippen LogP contribution in [0.4, 0.5) is 0 Å². The number of likely N-dealkylation sites (tertiary alicyclic amines) is 1. The number of carbonyl (C=O) groups excluding carboxylic acids is 2. The molecule has 21 heavy (non-hydrogen) atoms. The highest BCUT2D eigenvalue weighted by Crippen LogP contribution is 2.40. The van der Waals surface area contributed by atoms with Crippen molar-refractivity contribution in [2.45, 2.75) is 32.6 Å². The molecule has 118 valence electrons. The number of amides is 1. The van der Waals surface area contributed by atoms with Gasteiger partial charge in [0.05, 0.1) is 24.9 Å². The average molecular weight is 297 g/mol. The third-order valence-electron chi connectivity index (χ3n) is 4.91. The van der Waals surface area contributed by atoms with Gasteiger partial charge in [-0.25, -0.2) is 0 Å². The van der Waals surface area contributed by atoms with Crippen molar-refractivity contribution in [3.05, 3.63) is 0 Å². The minimum atomic E-state index is -0.881. The van der Waals surface area contributed by atoms with Gasteiger partial charge in [-0.2, -0.15) is 0 Å². The Kier molecular flexibility index (Phi) is 4.85. The van der Waals surface area contributed by atoms with Gasteiger partial charge >= 0.3 is 11.9 Å². The van der Waals surface area contributed by atoms with Crippen molar-refractivity contribution in [3.63, 3.8) is 0 Å². The number of carbonyl (C=O) groups is 3. The van der Waals surface area contributed by atoms with E-state index < -0.39 is 17.8 Å². The molecule has 1 N–H and O–H groups in total. The molecule has 6 heteroatoms. The molecule has 2 fully saturated rings. The summed E-state index contributed by atoms with van der Waals surface area (Å²) in [5.41, 5.74) is 0. The first kappa shape index (κ1) is 15.8. The molecule has 4 atom stereocenters. The van der Waals surface area contributed by atoms with Crippen molar-refractivity contribution in [1.29, 1.82) is 0 Å². The summed E-state index contributed by atoms with van der Waals surface area (Å²) >= 11 is 0. The van der Waals surface area contributed by atoms with Crippen molar-refractivity contribution in [1.82, 2.24) is 4.90 Å². The molecule has 0 radical (unpaired) electrons. The van der Waals surface area contributed by atoms with Crippen molar-refractivity contribution in [2.75, 3.05) is 20.2 Å². The van der Waals surface area contributed by atoms with Gasteiger partial charge in [0.1, 0.15) is 0 Å². The van der Waals surface area contributed by atoms with Crippen LogP contribution in [0.25, 0.3) is 0 Å².